The molecule has 1 heterocycles. The summed E-state index contributed by atoms with van der Waals surface area (Å²) in [6, 6.07) is 16.6. The number of nitriles is 1. The standard InChI is InChI=1S/C20H21N6O/c1-23(2)15-10-12-16(13-11-15)25(14-21)18-19(24(3)4)22-26(20(18)27)17-8-6-5-7-9-17/h5-13H,1-4H3/q+1. The number of carbonyl (C=O) groups is 1. The Bertz CT molecular complexity index is 952. The van der Waals surface area contributed by atoms with Crippen LogP contribution in [0, 0.1) is 11.5 Å². The Morgan fingerprint density at radius 1 is 0.963 bits per heavy atom. The van der Waals surface area contributed by atoms with Crippen LogP contribution >= 0.6 is 0 Å². The van der Waals surface area contributed by atoms with Crippen LogP contribution in [0.25, 0.3) is 0 Å². The van der Waals surface area contributed by atoms with E-state index in [1.807, 2.05) is 61.5 Å². The second-order valence-corrected chi connectivity index (χ2v) is 6.47. The molecule has 7 heteroatoms. The van der Waals surface area contributed by atoms with Crippen LogP contribution in [-0.2, 0) is 4.79 Å². The molecule has 136 valence electrons. The molecule has 27 heavy (non-hydrogen) atoms. The summed E-state index contributed by atoms with van der Waals surface area (Å²) < 4.78 is 1.32. The van der Waals surface area contributed by atoms with Crippen LogP contribution in [0.4, 0.5) is 17.1 Å². The van der Waals surface area contributed by atoms with Crippen molar-refractivity contribution in [3.05, 3.63) is 54.6 Å². The third-order valence-corrected chi connectivity index (χ3v) is 4.17. The van der Waals surface area contributed by atoms with E-state index in [9.17, 15) is 10.1 Å². The van der Waals surface area contributed by atoms with Gasteiger partial charge in [-0.1, -0.05) is 18.2 Å². The summed E-state index contributed by atoms with van der Waals surface area (Å²) in [7, 11) is 7.48. The van der Waals surface area contributed by atoms with Gasteiger partial charge in [0.25, 0.3) is 5.71 Å². The summed E-state index contributed by atoms with van der Waals surface area (Å²) in [4.78, 5) is 16.8. The average molecular weight is 361 g/mol. The van der Waals surface area contributed by atoms with Crippen LogP contribution in [-0.4, -0.2) is 55.1 Å². The molecule has 1 amide bonds. The maximum absolute atomic E-state index is 13.1. The summed E-state index contributed by atoms with van der Waals surface area (Å²) in [5, 5.41) is 15.6. The third kappa shape index (κ3) is 3.37. The molecule has 0 spiro atoms. The highest BCUT2D eigenvalue weighted by Gasteiger charge is 2.40. The lowest BCUT2D eigenvalue weighted by Gasteiger charge is -2.13. The van der Waals surface area contributed by atoms with E-state index < -0.39 is 0 Å². The molecule has 0 aliphatic carbocycles. The number of nitrogens with zero attached hydrogens (tertiary/aromatic N) is 6. The van der Waals surface area contributed by atoms with E-state index in [1.165, 1.54) is 9.58 Å². The summed E-state index contributed by atoms with van der Waals surface area (Å²) in [6.07, 6.45) is 2.12. The minimum atomic E-state index is -0.344. The number of anilines is 2. The Labute approximate surface area is 158 Å². The number of carbonyl (C=O) groups excluding carboxylic acids is 1. The molecule has 0 bridgehead atoms. The monoisotopic (exact) mass is 361 g/mol. The van der Waals surface area contributed by atoms with Crippen LogP contribution in [0.1, 0.15) is 0 Å². The van der Waals surface area contributed by atoms with Gasteiger partial charge >= 0.3 is 12.1 Å². The van der Waals surface area contributed by atoms with Gasteiger partial charge in [-0.3, -0.25) is 4.79 Å². The number of hydrogen-bond acceptors (Lipinski definition) is 5. The lowest BCUT2D eigenvalue weighted by molar-refractivity contribution is -0.337. The first-order valence-electron chi connectivity index (χ1n) is 8.44. The predicted molar refractivity (Wildman–Crippen MR) is 106 cm³/mol. The fraction of sp³-hybridized carbons (Fsp3) is 0.200. The van der Waals surface area contributed by atoms with Crippen molar-refractivity contribution >= 4 is 34.5 Å². The predicted octanol–water partition coefficient (Wildman–Crippen LogP) is 2.24. The van der Waals surface area contributed by atoms with Crippen LogP contribution in [0.3, 0.4) is 0 Å². The SMILES string of the molecule is CN(C)C1=NN(c2ccccc2)C(=O)C1=[N+](C#N)c1ccc(N(C)C)cc1. The number of benzene rings is 2. The number of amides is 1. The Balaban J connectivity index is 2.12. The fourth-order valence-electron chi connectivity index (χ4n) is 2.76. The zero-order valence-corrected chi connectivity index (χ0v) is 15.8. The number of hydrogen-bond donors (Lipinski definition) is 0. The number of rotatable bonds is 3. The van der Waals surface area contributed by atoms with Gasteiger partial charge in [0.15, 0.2) is 5.26 Å². The van der Waals surface area contributed by atoms with Crippen LogP contribution < -0.4 is 9.91 Å². The zero-order chi connectivity index (χ0) is 19.6. The Morgan fingerprint density at radius 3 is 2.11 bits per heavy atom. The fourth-order valence-corrected chi connectivity index (χ4v) is 2.76. The van der Waals surface area contributed by atoms with Gasteiger partial charge < -0.3 is 9.80 Å². The van der Waals surface area contributed by atoms with Gasteiger partial charge in [0.1, 0.15) is 5.69 Å². The van der Waals surface area contributed by atoms with Crippen LogP contribution in [0.5, 0.6) is 0 Å². The molecule has 0 radical (unpaired) electrons. The number of hydrazone groups is 1. The van der Waals surface area contributed by atoms with Crippen molar-refractivity contribution in [2.75, 3.05) is 38.1 Å². The van der Waals surface area contributed by atoms with Crippen molar-refractivity contribution in [1.82, 2.24) is 4.90 Å². The maximum atomic E-state index is 13.1. The van der Waals surface area contributed by atoms with Gasteiger partial charge in [0.05, 0.1) is 5.69 Å². The van der Waals surface area contributed by atoms with Gasteiger partial charge in [-0.25, -0.2) is 0 Å². The largest absolute Gasteiger partial charge is 0.465 e. The van der Waals surface area contributed by atoms with Gasteiger partial charge in [-0.2, -0.15) is 5.01 Å². The van der Waals surface area contributed by atoms with E-state index in [-0.39, 0.29) is 11.6 Å². The van der Waals surface area contributed by atoms with E-state index in [0.717, 1.165) is 5.69 Å². The lowest BCUT2D eigenvalue weighted by Crippen LogP contribution is -2.37. The van der Waals surface area contributed by atoms with Crippen molar-refractivity contribution in [3.8, 4) is 6.19 Å². The normalized spacial score (nSPS) is 15.3. The van der Waals surface area contributed by atoms with E-state index >= 15 is 0 Å². The molecular weight excluding hydrogens is 340 g/mol. The highest BCUT2D eigenvalue weighted by atomic mass is 16.2. The highest BCUT2D eigenvalue weighted by molar-refractivity contribution is 6.69. The topological polar surface area (TPSA) is 65.9 Å². The first-order valence-corrected chi connectivity index (χ1v) is 8.44. The zero-order valence-electron chi connectivity index (χ0n) is 15.8. The van der Waals surface area contributed by atoms with Crippen molar-refractivity contribution in [2.24, 2.45) is 5.10 Å². The molecule has 1 aliphatic heterocycles. The molecule has 3 rings (SSSR count). The Kier molecular flexibility index (Phi) is 4.90. The number of para-hydroxylation sites is 1. The lowest BCUT2D eigenvalue weighted by atomic mass is 10.2. The second kappa shape index (κ2) is 7.30. The van der Waals surface area contributed by atoms with Gasteiger partial charge in [0, 0.05) is 33.9 Å². The van der Waals surface area contributed by atoms with Crippen LogP contribution in [0.2, 0.25) is 0 Å². The van der Waals surface area contributed by atoms with E-state index in [4.69, 9.17) is 0 Å². The first-order chi connectivity index (χ1) is 12.9. The summed E-state index contributed by atoms with van der Waals surface area (Å²) >= 11 is 0. The molecule has 0 aromatic heterocycles. The average Bonchev–Trinajstić information content (AvgIpc) is 3.01. The van der Waals surface area contributed by atoms with E-state index in [0.29, 0.717) is 17.2 Å². The quantitative estimate of drug-likeness (QED) is 0.478. The van der Waals surface area contributed by atoms with Crippen molar-refractivity contribution in [3.63, 3.8) is 0 Å². The minimum Gasteiger partial charge on any atom is -0.378 e. The number of amidine groups is 1. The maximum Gasteiger partial charge on any atom is 0.465 e. The Morgan fingerprint density at radius 2 is 1.59 bits per heavy atom. The third-order valence-electron chi connectivity index (χ3n) is 4.17. The van der Waals surface area contributed by atoms with E-state index in [1.54, 1.807) is 31.1 Å². The highest BCUT2D eigenvalue weighted by Crippen LogP contribution is 2.23. The van der Waals surface area contributed by atoms with Crippen molar-refractivity contribution in [1.29, 1.82) is 5.26 Å². The van der Waals surface area contributed by atoms with Crippen LogP contribution in [0.15, 0.2) is 59.7 Å². The molecule has 7 nitrogen and oxygen atoms in total. The molecular formula is C20H21N6O+. The molecule has 1 aliphatic rings. The molecule has 0 saturated carbocycles. The first kappa shape index (κ1) is 18.1. The smallest absolute Gasteiger partial charge is 0.378 e. The van der Waals surface area contributed by atoms with Crippen molar-refractivity contribution in [2.45, 2.75) is 0 Å². The molecule has 0 atom stereocenters. The minimum absolute atomic E-state index is 0.226. The van der Waals surface area contributed by atoms with Gasteiger partial charge in [0.2, 0.25) is 5.84 Å². The van der Waals surface area contributed by atoms with Crippen molar-refractivity contribution < 1.29 is 9.37 Å². The molecule has 0 saturated heterocycles. The summed E-state index contributed by atoms with van der Waals surface area (Å²) in [6.45, 7) is 0. The molecule has 0 unspecified atom stereocenters. The summed E-state index contributed by atoms with van der Waals surface area (Å²) in [5.74, 6) is 0.0882. The molecule has 2 aromatic rings. The van der Waals surface area contributed by atoms with E-state index in [2.05, 4.69) is 11.3 Å². The Hall–Kier alpha value is -3.66. The molecule has 0 fully saturated rings. The molecule has 2 aromatic carbocycles. The summed E-state index contributed by atoms with van der Waals surface area (Å²) in [5.41, 5.74) is 2.49. The second-order valence-electron chi connectivity index (χ2n) is 6.47. The van der Waals surface area contributed by atoms with Gasteiger partial charge in [-0.15, -0.1) is 9.68 Å². The molecule has 0 N–H and O–H groups in total. The van der Waals surface area contributed by atoms with Gasteiger partial charge in [-0.05, 0) is 36.4 Å².